The van der Waals surface area contributed by atoms with Crippen LogP contribution in [0.2, 0.25) is 0 Å². The molecule has 0 N–H and O–H groups in total. The van der Waals surface area contributed by atoms with E-state index in [-0.39, 0.29) is 37.9 Å². The Kier molecular flexibility index (Phi) is 16.1. The predicted molar refractivity (Wildman–Crippen MR) is 231 cm³/mol. The summed E-state index contributed by atoms with van der Waals surface area (Å²) in [5.74, 6) is 0. The van der Waals surface area contributed by atoms with Crippen molar-refractivity contribution in [2.75, 3.05) is 26.4 Å². The molecule has 1 aliphatic heterocycles. The van der Waals surface area contributed by atoms with Crippen molar-refractivity contribution in [2.24, 2.45) is 5.11 Å². The lowest BCUT2D eigenvalue weighted by Crippen LogP contribution is -2.61. The Morgan fingerprint density at radius 3 is 2.03 bits per heavy atom. The molecule has 0 amide bonds. The maximum absolute atomic E-state index is 13.8. The SMILES string of the molecule is [N-]=[N+]=NCCCCCOC[C@H]1O[C@@H](OCCc2cn(S(=O)(=O)c3ccccc3)c3ccccc23)[C@H](OCc2ccccc2)[C@@H](OCc2ccccc2)[C@@H]1OCc1cccnc1. The van der Waals surface area contributed by atoms with Crippen LogP contribution < -0.4 is 0 Å². The normalized spacial score (nSPS) is 19.1. The van der Waals surface area contributed by atoms with Gasteiger partial charge in [-0.25, -0.2) is 12.4 Å². The van der Waals surface area contributed by atoms with E-state index in [2.05, 4.69) is 15.0 Å². The molecule has 7 rings (SSSR count). The first kappa shape index (κ1) is 43.7. The van der Waals surface area contributed by atoms with Crippen LogP contribution in [0.1, 0.15) is 41.5 Å². The van der Waals surface area contributed by atoms with Crippen molar-refractivity contribution in [3.63, 3.8) is 0 Å². The maximum atomic E-state index is 13.8. The van der Waals surface area contributed by atoms with Gasteiger partial charge in [0.1, 0.15) is 24.4 Å². The number of fused-ring (bicyclic) bond motifs is 1. The van der Waals surface area contributed by atoms with Crippen LogP contribution in [-0.4, -0.2) is 74.4 Å². The van der Waals surface area contributed by atoms with Crippen LogP contribution in [-0.2, 0) is 64.7 Å². The molecule has 318 valence electrons. The fourth-order valence-electron chi connectivity index (χ4n) is 7.34. The summed E-state index contributed by atoms with van der Waals surface area (Å²) in [4.78, 5) is 7.33. The molecule has 0 unspecified atom stereocenters. The average molecular weight is 846 g/mol. The first-order chi connectivity index (χ1) is 30.0. The van der Waals surface area contributed by atoms with Gasteiger partial charge in [0.15, 0.2) is 6.29 Å². The van der Waals surface area contributed by atoms with Gasteiger partial charge >= 0.3 is 0 Å². The second-order valence-corrected chi connectivity index (χ2v) is 16.5. The highest BCUT2D eigenvalue weighted by Gasteiger charge is 2.49. The summed E-state index contributed by atoms with van der Waals surface area (Å²) in [5.41, 5.74) is 12.8. The van der Waals surface area contributed by atoms with E-state index in [0.717, 1.165) is 46.9 Å². The zero-order valence-electron chi connectivity index (χ0n) is 33.9. The number of benzene rings is 4. The van der Waals surface area contributed by atoms with Crippen molar-refractivity contribution >= 4 is 20.9 Å². The molecule has 0 aliphatic carbocycles. The van der Waals surface area contributed by atoms with E-state index < -0.39 is 40.7 Å². The molecule has 4 aromatic carbocycles. The number of unbranched alkanes of at least 4 members (excludes halogenated alkanes) is 2. The quantitative estimate of drug-likeness (QED) is 0.0266. The minimum atomic E-state index is -3.86. The first-order valence-electron chi connectivity index (χ1n) is 20.6. The highest BCUT2D eigenvalue weighted by Crippen LogP contribution is 2.32. The lowest BCUT2D eigenvalue weighted by molar-refractivity contribution is -0.328. The minimum absolute atomic E-state index is 0.181. The van der Waals surface area contributed by atoms with Crippen LogP contribution in [0.4, 0.5) is 0 Å². The number of aromatic nitrogens is 2. The standard InChI is InChI=1S/C47H51N5O8S/c48-51-50-27-13-4-14-28-55-35-43-44(57-34-38-20-15-26-49-30-38)45(58-32-36-16-5-1-6-17-36)46(59-33-37-18-7-2-8-19-37)47(60-43)56-29-25-39-31-52(42-24-12-11-23-41(39)42)61(53,54)40-21-9-3-10-22-40/h1-3,5-12,15-24,26,30-31,43-47H,4,13-14,25,27-29,32-35H2/t43-,44-,45+,46-,47-/m1/s1. The lowest BCUT2D eigenvalue weighted by Gasteiger charge is -2.46. The van der Waals surface area contributed by atoms with Gasteiger partial charge in [0.05, 0.1) is 43.4 Å². The zero-order valence-corrected chi connectivity index (χ0v) is 34.7. The molecule has 0 saturated carbocycles. The second-order valence-electron chi connectivity index (χ2n) is 14.7. The van der Waals surface area contributed by atoms with Crippen molar-refractivity contribution in [1.29, 1.82) is 0 Å². The molecule has 1 fully saturated rings. The number of hydrogen-bond donors (Lipinski definition) is 0. The van der Waals surface area contributed by atoms with Gasteiger partial charge in [0, 0.05) is 42.0 Å². The molecule has 1 aliphatic rings. The smallest absolute Gasteiger partial charge is 0.268 e. The first-order valence-corrected chi connectivity index (χ1v) is 22.0. The molecule has 0 radical (unpaired) electrons. The second kappa shape index (κ2) is 22.4. The van der Waals surface area contributed by atoms with Crippen LogP contribution in [0.3, 0.4) is 0 Å². The van der Waals surface area contributed by atoms with E-state index >= 15 is 0 Å². The molecular weight excluding hydrogens is 795 g/mol. The van der Waals surface area contributed by atoms with Gasteiger partial charge in [-0.15, -0.1) is 0 Å². The number of nitrogens with zero attached hydrogens (tertiary/aromatic N) is 5. The number of ether oxygens (including phenoxy) is 6. The van der Waals surface area contributed by atoms with E-state index in [4.69, 9.17) is 34.0 Å². The molecule has 14 heteroatoms. The largest absolute Gasteiger partial charge is 0.379 e. The van der Waals surface area contributed by atoms with E-state index in [0.29, 0.717) is 25.1 Å². The summed E-state index contributed by atoms with van der Waals surface area (Å²) < 4.78 is 69.1. The Bertz CT molecular complexity index is 2380. The number of para-hydroxylation sites is 1. The Labute approximate surface area is 356 Å². The summed E-state index contributed by atoms with van der Waals surface area (Å²) in [6.07, 6.45) is 4.34. The van der Waals surface area contributed by atoms with Gasteiger partial charge in [0.25, 0.3) is 10.0 Å². The maximum Gasteiger partial charge on any atom is 0.268 e. The van der Waals surface area contributed by atoms with Gasteiger partial charge in [-0.1, -0.05) is 115 Å². The average Bonchev–Trinajstić information content (AvgIpc) is 3.69. The molecular formula is C47H51N5O8S. The van der Waals surface area contributed by atoms with Gasteiger partial charge < -0.3 is 28.4 Å². The Balaban J connectivity index is 1.17. The fraction of sp³-hybridized carbons (Fsp3) is 0.340. The van der Waals surface area contributed by atoms with Crippen LogP contribution in [0.25, 0.3) is 21.3 Å². The molecule has 61 heavy (non-hydrogen) atoms. The molecule has 0 spiro atoms. The summed E-state index contributed by atoms with van der Waals surface area (Å²) >= 11 is 0. The monoisotopic (exact) mass is 845 g/mol. The van der Waals surface area contributed by atoms with Gasteiger partial charge in [-0.2, -0.15) is 0 Å². The van der Waals surface area contributed by atoms with Crippen LogP contribution in [0.5, 0.6) is 0 Å². The topological polar surface area (TPSA) is 156 Å². The number of rotatable bonds is 23. The van der Waals surface area contributed by atoms with Gasteiger partial charge in [-0.05, 0) is 71.3 Å². The number of azide groups is 1. The Hall–Kier alpha value is -5.41. The third-order valence-electron chi connectivity index (χ3n) is 10.4. The molecule has 5 atom stereocenters. The van der Waals surface area contributed by atoms with Crippen molar-refractivity contribution in [3.05, 3.63) is 179 Å². The van der Waals surface area contributed by atoms with Gasteiger partial charge in [-0.3, -0.25) is 4.98 Å². The lowest BCUT2D eigenvalue weighted by atomic mass is 9.97. The summed E-state index contributed by atoms with van der Waals surface area (Å²) in [6.45, 7) is 2.07. The van der Waals surface area contributed by atoms with Gasteiger partial charge in [0.2, 0.25) is 0 Å². The highest BCUT2D eigenvalue weighted by molar-refractivity contribution is 7.90. The number of pyridine rings is 1. The summed E-state index contributed by atoms with van der Waals surface area (Å²) in [5, 5.41) is 4.44. The number of hydrogen-bond acceptors (Lipinski definition) is 10. The van der Waals surface area contributed by atoms with E-state index in [9.17, 15) is 8.42 Å². The van der Waals surface area contributed by atoms with Crippen LogP contribution in [0, 0.1) is 0 Å². The molecule has 13 nitrogen and oxygen atoms in total. The van der Waals surface area contributed by atoms with E-state index in [1.807, 2.05) is 97.1 Å². The van der Waals surface area contributed by atoms with Crippen molar-refractivity contribution in [1.82, 2.24) is 8.96 Å². The van der Waals surface area contributed by atoms with Crippen LogP contribution >= 0.6 is 0 Å². The summed E-state index contributed by atoms with van der Waals surface area (Å²) in [7, 11) is -3.86. The molecule has 3 heterocycles. The molecule has 1 saturated heterocycles. The molecule has 6 aromatic rings. The molecule has 0 bridgehead atoms. The predicted octanol–water partition coefficient (Wildman–Crippen LogP) is 8.81. The molecule has 2 aromatic heterocycles. The third kappa shape index (κ3) is 11.9. The Morgan fingerprint density at radius 2 is 1.33 bits per heavy atom. The zero-order chi connectivity index (χ0) is 42.1. The van der Waals surface area contributed by atoms with Crippen LogP contribution in [0.15, 0.2) is 156 Å². The van der Waals surface area contributed by atoms with E-state index in [1.165, 1.54) is 3.97 Å². The van der Waals surface area contributed by atoms with Crippen molar-refractivity contribution in [3.8, 4) is 0 Å². The summed E-state index contributed by atoms with van der Waals surface area (Å²) in [6, 6.07) is 39.5. The third-order valence-corrected chi connectivity index (χ3v) is 12.1. The van der Waals surface area contributed by atoms with Crippen molar-refractivity contribution in [2.45, 2.75) is 81.1 Å². The fourth-order valence-corrected chi connectivity index (χ4v) is 8.75. The highest BCUT2D eigenvalue weighted by atomic mass is 32.2. The van der Waals surface area contributed by atoms with E-state index in [1.54, 1.807) is 48.9 Å². The van der Waals surface area contributed by atoms with Crippen molar-refractivity contribution < 1.29 is 36.8 Å². The Morgan fingerprint density at radius 1 is 0.689 bits per heavy atom. The minimum Gasteiger partial charge on any atom is -0.379 e.